The molecule has 0 heterocycles. The molecule has 5 nitrogen and oxygen atoms in total. The largest absolute Gasteiger partial charge is 1.00 e. The Morgan fingerprint density at radius 3 is 2.53 bits per heavy atom. The van der Waals surface area contributed by atoms with Gasteiger partial charge in [-0.25, -0.2) is 0 Å². The van der Waals surface area contributed by atoms with Crippen molar-refractivity contribution in [3.05, 3.63) is 45.8 Å². The number of rotatable bonds is 4. The van der Waals surface area contributed by atoms with Gasteiger partial charge in [0.25, 0.3) is 0 Å². The fourth-order valence-corrected chi connectivity index (χ4v) is 9.77. The first kappa shape index (κ1) is 19.6. The zero-order valence-corrected chi connectivity index (χ0v) is 18.1. The number of carboxylic acid groups (broad SMARTS) is 1. The van der Waals surface area contributed by atoms with Crippen LogP contribution in [0.15, 0.2) is 29.2 Å². The Hall–Kier alpha value is 0.285. The summed E-state index contributed by atoms with van der Waals surface area (Å²) >= 11 is -0.860. The summed E-state index contributed by atoms with van der Waals surface area (Å²) in [6.07, 6.45) is 0. The predicted octanol–water partition coefficient (Wildman–Crippen LogP) is 0.895. The molecule has 0 fully saturated rings. The molecule has 84 valence electrons. The van der Waals surface area contributed by atoms with Gasteiger partial charge in [0, 0.05) is 0 Å². The van der Waals surface area contributed by atoms with E-state index in [4.69, 9.17) is 16.2 Å². The fourth-order valence-electron chi connectivity index (χ4n) is 0.981. The van der Waals surface area contributed by atoms with Crippen molar-refractivity contribution in [2.75, 3.05) is 0 Å². The summed E-state index contributed by atoms with van der Waals surface area (Å²) in [4.78, 5) is 13.3. The van der Waals surface area contributed by atoms with Crippen LogP contribution in [0.25, 0.3) is 16.0 Å². The van der Waals surface area contributed by atoms with E-state index in [2.05, 4.69) is 6.92 Å². The molecule has 1 aromatic rings. The standard InChI is InChI=1S/C7H6O2S.C2H5.Hg.N3.Na.H/c8-7(9)5-3-1-2-4-6(5)10;1-2;;1-3-2;;/h1-4,10H,(H,8,9);1H2,2H3;;;;/q;;+1;-1;+1;-1/p-1. The average molecular weight is 449 g/mol. The summed E-state index contributed by atoms with van der Waals surface area (Å²) in [6, 6.07) is 7.26. The summed E-state index contributed by atoms with van der Waals surface area (Å²) in [6.45, 7) is 2.18. The van der Waals surface area contributed by atoms with Crippen LogP contribution in [0.5, 0.6) is 0 Å². The molecule has 17 heavy (non-hydrogen) atoms. The van der Waals surface area contributed by atoms with Crippen LogP contribution in [0.3, 0.4) is 0 Å². The molecule has 0 aliphatic heterocycles. The summed E-state index contributed by atoms with van der Waals surface area (Å²) in [5.41, 5.74) is 14.0. The number of hydrogen-bond donors (Lipinski definition) is 1. The van der Waals surface area contributed by atoms with Crippen molar-refractivity contribution >= 4 is 14.2 Å². The Morgan fingerprint density at radius 1 is 1.53 bits per heavy atom. The Labute approximate surface area is 138 Å². The minimum Gasteiger partial charge on any atom is -1.00 e. The molecule has 8 heteroatoms. The molecule has 0 aliphatic rings. The molecular weight excluding hydrogens is 438 g/mol. The molecule has 1 rings (SSSR count). The molecule has 0 radical (unpaired) electrons. The van der Waals surface area contributed by atoms with Gasteiger partial charge in [-0.15, -0.1) is 0 Å². The second-order valence-corrected chi connectivity index (χ2v) is 15.9. The van der Waals surface area contributed by atoms with Crippen molar-refractivity contribution in [3.8, 4) is 0 Å². The first-order valence-corrected chi connectivity index (χ1v) is 16.2. The van der Waals surface area contributed by atoms with Gasteiger partial charge in [0.1, 0.15) is 0 Å². The van der Waals surface area contributed by atoms with E-state index in [-0.39, 0.29) is 31.0 Å². The van der Waals surface area contributed by atoms with E-state index in [1.54, 1.807) is 12.1 Å². The monoisotopic (exact) mass is 450 g/mol. The van der Waals surface area contributed by atoms with Gasteiger partial charge < -0.3 is 12.5 Å². The van der Waals surface area contributed by atoms with Crippen molar-refractivity contribution < 1.29 is 63.9 Å². The number of hydrogen-bond acceptors (Lipinski definition) is 2. The van der Waals surface area contributed by atoms with Gasteiger partial charge in [-0.1, -0.05) is 0 Å². The maximum Gasteiger partial charge on any atom is 1.00 e. The Bertz CT molecular complexity index is 392. The smallest absolute Gasteiger partial charge is 1.00 e. The zero-order valence-electron chi connectivity index (χ0n) is 10.8. The number of aromatic carboxylic acids is 1. The quantitative estimate of drug-likeness (QED) is 0.321. The van der Waals surface area contributed by atoms with E-state index < -0.39 is 29.0 Å². The van der Waals surface area contributed by atoms with E-state index >= 15 is 0 Å². The summed E-state index contributed by atoms with van der Waals surface area (Å²) in [5.74, 6) is -0.812. The Kier molecular flexibility index (Phi) is 14.7. The van der Waals surface area contributed by atoms with Crippen LogP contribution in [0, 0.1) is 0 Å². The summed E-state index contributed by atoms with van der Waals surface area (Å²) in [7, 11) is 1.82. The van der Waals surface area contributed by atoms with Gasteiger partial charge in [-0.3, -0.25) is 4.91 Å². The molecule has 0 saturated heterocycles. The van der Waals surface area contributed by atoms with Crippen molar-refractivity contribution in [2.24, 2.45) is 0 Å². The SMILES string of the molecule is C[CH2][Hg][S]c1ccccc1C(=O)O.[H-].[N-]=[N+]=[N-].[Na+]. The molecule has 0 aromatic heterocycles. The van der Waals surface area contributed by atoms with Gasteiger partial charge in [0.05, 0.1) is 0 Å². The van der Waals surface area contributed by atoms with E-state index in [1.807, 2.05) is 20.4 Å². The van der Waals surface area contributed by atoms with E-state index in [9.17, 15) is 4.79 Å². The Morgan fingerprint density at radius 2 is 2.06 bits per heavy atom. The van der Waals surface area contributed by atoms with Crippen molar-refractivity contribution in [1.29, 1.82) is 0 Å². The van der Waals surface area contributed by atoms with Crippen LogP contribution >= 0.6 is 8.24 Å². The summed E-state index contributed by atoms with van der Waals surface area (Å²) in [5, 5.41) is 8.88. The van der Waals surface area contributed by atoms with E-state index in [0.717, 1.165) is 4.90 Å². The van der Waals surface area contributed by atoms with Crippen LogP contribution in [-0.4, -0.2) is 11.1 Å². The molecule has 1 aromatic carbocycles. The average Bonchev–Trinajstić information content (AvgIpc) is 2.27. The molecule has 0 amide bonds. The number of nitrogens with zero attached hydrogens (tertiary/aromatic N) is 3. The second kappa shape index (κ2) is 12.7. The minimum atomic E-state index is -0.860. The zero-order chi connectivity index (χ0) is 12.4. The van der Waals surface area contributed by atoms with Crippen LogP contribution in [0.1, 0.15) is 18.7 Å². The normalized spacial score (nSPS) is 7.59. The van der Waals surface area contributed by atoms with Crippen molar-refractivity contribution in [3.63, 3.8) is 0 Å². The number of benzene rings is 1. The topological polar surface area (TPSA) is 96.0 Å². The predicted molar refractivity (Wildman–Crippen MR) is 60.9 cm³/mol. The molecule has 0 aliphatic carbocycles. The fraction of sp³-hybridized carbons (Fsp3) is 0.222. The summed E-state index contributed by atoms with van der Waals surface area (Å²) < 4.78 is 1.28. The van der Waals surface area contributed by atoms with Crippen molar-refractivity contribution in [1.82, 2.24) is 0 Å². The van der Waals surface area contributed by atoms with Gasteiger partial charge in [-0.2, -0.15) is 0 Å². The molecule has 0 bridgehead atoms. The second-order valence-electron chi connectivity index (χ2n) is 2.74. The first-order chi connectivity index (χ1) is 7.67. The van der Waals surface area contributed by atoms with Crippen LogP contribution in [-0.2, 0) is 23.1 Å². The van der Waals surface area contributed by atoms with Gasteiger partial charge >= 0.3 is 122 Å². The van der Waals surface area contributed by atoms with Crippen LogP contribution in [0.4, 0.5) is 0 Å². The molecule has 0 unspecified atom stereocenters. The molecule has 0 saturated carbocycles. The maximum atomic E-state index is 10.8. The number of carboxylic acids is 1. The molecule has 0 atom stereocenters. The van der Waals surface area contributed by atoms with Crippen LogP contribution < -0.4 is 29.6 Å². The maximum absolute atomic E-state index is 10.8. The van der Waals surface area contributed by atoms with E-state index in [0.29, 0.717) is 5.56 Å². The van der Waals surface area contributed by atoms with Gasteiger partial charge in [-0.05, 0) is 0 Å². The third-order valence-corrected chi connectivity index (χ3v) is 13.6. The molecular formula is C9H11HgN3NaO2S-. The third kappa shape index (κ3) is 8.94. The number of carbonyl (C=O) groups is 1. The Balaban J connectivity index is -0.000000410. The third-order valence-electron chi connectivity index (χ3n) is 1.58. The molecule has 1 N–H and O–H groups in total. The minimum absolute atomic E-state index is 0. The van der Waals surface area contributed by atoms with Gasteiger partial charge in [0.2, 0.25) is 0 Å². The van der Waals surface area contributed by atoms with E-state index in [1.165, 1.54) is 8.84 Å². The first-order valence-electron chi connectivity index (χ1n) is 4.60. The molecule has 0 spiro atoms. The van der Waals surface area contributed by atoms with Crippen LogP contribution in [0.2, 0.25) is 3.93 Å². The van der Waals surface area contributed by atoms with Gasteiger partial charge in [0.15, 0.2) is 0 Å². The van der Waals surface area contributed by atoms with Crippen molar-refractivity contribution in [2.45, 2.75) is 15.7 Å².